The van der Waals surface area contributed by atoms with Crippen LogP contribution in [-0.2, 0) is 0 Å². The van der Waals surface area contributed by atoms with E-state index in [1.807, 2.05) is 6.92 Å². The third-order valence-electron chi connectivity index (χ3n) is 1.98. The van der Waals surface area contributed by atoms with Crippen LogP contribution in [0.2, 0.25) is 0 Å². The summed E-state index contributed by atoms with van der Waals surface area (Å²) in [6.07, 6.45) is 3.76. The average molecular weight is 247 g/mol. The molecule has 0 saturated heterocycles. The lowest BCUT2D eigenvalue weighted by molar-refractivity contribution is 0.303. The topological polar surface area (TPSA) is 27.0 Å². The molecule has 76 valence electrons. The molecule has 0 aliphatic carbocycles. The van der Waals surface area contributed by atoms with Crippen molar-refractivity contribution in [2.75, 3.05) is 25.5 Å². The number of hydrogen-bond donors (Lipinski definition) is 0. The maximum Gasteiger partial charge on any atom is 0.0666 e. The largest absolute Gasteiger partial charge is 0.305 e. The summed E-state index contributed by atoms with van der Waals surface area (Å²) >= 11 is 3.41. The predicted molar refractivity (Wildman–Crippen MR) is 59.9 cm³/mol. The van der Waals surface area contributed by atoms with Gasteiger partial charge in [0.1, 0.15) is 0 Å². The summed E-state index contributed by atoms with van der Waals surface area (Å²) in [4.78, 5) is 2.24. The van der Waals surface area contributed by atoms with Gasteiger partial charge >= 0.3 is 0 Å². The zero-order valence-electron chi connectivity index (χ0n) is 8.59. The second-order valence-electron chi connectivity index (χ2n) is 3.54. The summed E-state index contributed by atoms with van der Waals surface area (Å²) < 4.78 is 0. The molecule has 0 heterocycles. The van der Waals surface area contributed by atoms with E-state index in [-0.39, 0.29) is 5.92 Å². The van der Waals surface area contributed by atoms with Crippen molar-refractivity contribution >= 4 is 15.9 Å². The Morgan fingerprint density at radius 2 is 2.08 bits per heavy atom. The Hall–Kier alpha value is -0.0700. The Balaban J connectivity index is 3.30. The van der Waals surface area contributed by atoms with Crippen molar-refractivity contribution in [2.24, 2.45) is 5.92 Å². The molecule has 0 aromatic heterocycles. The minimum Gasteiger partial charge on any atom is -0.305 e. The van der Waals surface area contributed by atoms with E-state index in [2.05, 4.69) is 33.9 Å². The highest BCUT2D eigenvalue weighted by atomic mass is 79.9. The normalized spacial score (nSPS) is 12.8. The first-order valence-electron chi connectivity index (χ1n) is 4.84. The third-order valence-corrected chi connectivity index (χ3v) is 2.54. The lowest BCUT2D eigenvalue weighted by atomic mass is 10.2. The van der Waals surface area contributed by atoms with Gasteiger partial charge in [-0.25, -0.2) is 0 Å². The van der Waals surface area contributed by atoms with Gasteiger partial charge in [-0.15, -0.1) is 0 Å². The van der Waals surface area contributed by atoms with Gasteiger partial charge in [0.25, 0.3) is 0 Å². The number of unbranched alkanes of at least 4 members (excludes halogenated alkanes) is 2. The lowest BCUT2D eigenvalue weighted by Crippen LogP contribution is -2.24. The van der Waals surface area contributed by atoms with E-state index in [1.54, 1.807) is 0 Å². The number of alkyl halides is 1. The molecule has 13 heavy (non-hydrogen) atoms. The maximum absolute atomic E-state index is 8.61. The molecule has 0 aromatic rings. The van der Waals surface area contributed by atoms with Gasteiger partial charge in [0.2, 0.25) is 0 Å². The molecule has 0 amide bonds. The maximum atomic E-state index is 8.61. The SMILES string of the molecule is CC(C#N)CN(C)CCCCCBr. The Bertz CT molecular complexity index is 153. The summed E-state index contributed by atoms with van der Waals surface area (Å²) in [6, 6.07) is 2.25. The summed E-state index contributed by atoms with van der Waals surface area (Å²) in [5, 5.41) is 9.71. The molecule has 0 saturated carbocycles. The van der Waals surface area contributed by atoms with Crippen molar-refractivity contribution < 1.29 is 0 Å². The van der Waals surface area contributed by atoms with Crippen molar-refractivity contribution in [1.82, 2.24) is 4.90 Å². The molecule has 0 fully saturated rings. The Kier molecular flexibility index (Phi) is 8.48. The Morgan fingerprint density at radius 1 is 1.38 bits per heavy atom. The molecule has 0 rings (SSSR count). The lowest BCUT2D eigenvalue weighted by Gasteiger charge is -2.17. The molecule has 0 aliphatic heterocycles. The zero-order chi connectivity index (χ0) is 10.1. The van der Waals surface area contributed by atoms with E-state index in [1.165, 1.54) is 19.3 Å². The van der Waals surface area contributed by atoms with Gasteiger partial charge in [-0.3, -0.25) is 0 Å². The fraction of sp³-hybridized carbons (Fsp3) is 0.900. The van der Waals surface area contributed by atoms with E-state index in [0.29, 0.717) is 0 Å². The van der Waals surface area contributed by atoms with Crippen LogP contribution in [-0.4, -0.2) is 30.4 Å². The molecule has 0 aliphatic rings. The standard InChI is InChI=1S/C10H19BrN2/c1-10(8-12)9-13(2)7-5-3-4-6-11/h10H,3-7,9H2,1-2H3. The molecule has 0 aromatic carbocycles. The summed E-state index contributed by atoms with van der Waals surface area (Å²) in [5.41, 5.74) is 0. The smallest absolute Gasteiger partial charge is 0.0666 e. The Labute approximate surface area is 90.0 Å². The van der Waals surface area contributed by atoms with Gasteiger partial charge in [-0.1, -0.05) is 22.4 Å². The molecular formula is C10H19BrN2. The van der Waals surface area contributed by atoms with E-state index in [9.17, 15) is 0 Å². The number of rotatable bonds is 7. The zero-order valence-corrected chi connectivity index (χ0v) is 10.2. The van der Waals surface area contributed by atoms with Crippen molar-refractivity contribution in [2.45, 2.75) is 26.2 Å². The first-order valence-corrected chi connectivity index (χ1v) is 5.97. The van der Waals surface area contributed by atoms with Crippen LogP contribution in [0.15, 0.2) is 0 Å². The van der Waals surface area contributed by atoms with Crippen LogP contribution in [0, 0.1) is 17.2 Å². The highest BCUT2D eigenvalue weighted by molar-refractivity contribution is 9.09. The van der Waals surface area contributed by atoms with Gasteiger partial charge in [0, 0.05) is 11.9 Å². The highest BCUT2D eigenvalue weighted by Crippen LogP contribution is 2.02. The second kappa shape index (κ2) is 8.52. The van der Waals surface area contributed by atoms with Crippen molar-refractivity contribution in [3.63, 3.8) is 0 Å². The van der Waals surface area contributed by atoms with Crippen molar-refractivity contribution in [3.8, 4) is 6.07 Å². The average Bonchev–Trinajstić information content (AvgIpc) is 2.12. The van der Waals surface area contributed by atoms with E-state index in [4.69, 9.17) is 5.26 Å². The first kappa shape index (κ1) is 12.9. The summed E-state index contributed by atoms with van der Waals surface area (Å²) in [7, 11) is 2.09. The van der Waals surface area contributed by atoms with E-state index in [0.717, 1.165) is 18.4 Å². The summed E-state index contributed by atoms with van der Waals surface area (Å²) in [5.74, 6) is 0.154. The number of hydrogen-bond acceptors (Lipinski definition) is 2. The van der Waals surface area contributed by atoms with E-state index < -0.39 is 0 Å². The third kappa shape index (κ3) is 8.27. The molecule has 3 heteroatoms. The fourth-order valence-corrected chi connectivity index (χ4v) is 1.65. The molecule has 0 radical (unpaired) electrons. The van der Waals surface area contributed by atoms with Crippen LogP contribution in [0.4, 0.5) is 0 Å². The molecule has 1 unspecified atom stereocenters. The second-order valence-corrected chi connectivity index (χ2v) is 4.34. The van der Waals surface area contributed by atoms with Crippen LogP contribution in [0.3, 0.4) is 0 Å². The molecule has 0 N–H and O–H groups in total. The number of nitrogens with zero attached hydrogens (tertiary/aromatic N) is 2. The Morgan fingerprint density at radius 3 is 2.62 bits per heavy atom. The number of nitriles is 1. The molecular weight excluding hydrogens is 228 g/mol. The molecule has 1 atom stereocenters. The summed E-state index contributed by atoms with van der Waals surface area (Å²) in [6.45, 7) is 3.97. The minimum absolute atomic E-state index is 0.154. The van der Waals surface area contributed by atoms with Gasteiger partial charge < -0.3 is 4.90 Å². The van der Waals surface area contributed by atoms with Crippen LogP contribution in [0.1, 0.15) is 26.2 Å². The van der Waals surface area contributed by atoms with Gasteiger partial charge in [-0.05, 0) is 33.4 Å². The quantitative estimate of drug-likeness (QED) is 0.510. The molecule has 0 spiro atoms. The molecule has 0 bridgehead atoms. The van der Waals surface area contributed by atoms with Gasteiger partial charge in [0.05, 0.1) is 12.0 Å². The number of halogens is 1. The highest BCUT2D eigenvalue weighted by Gasteiger charge is 2.03. The minimum atomic E-state index is 0.154. The van der Waals surface area contributed by atoms with Gasteiger partial charge in [0.15, 0.2) is 0 Å². The van der Waals surface area contributed by atoms with Crippen LogP contribution in [0.5, 0.6) is 0 Å². The first-order chi connectivity index (χ1) is 6.20. The molecule has 2 nitrogen and oxygen atoms in total. The van der Waals surface area contributed by atoms with Crippen molar-refractivity contribution in [3.05, 3.63) is 0 Å². The van der Waals surface area contributed by atoms with Crippen LogP contribution < -0.4 is 0 Å². The van der Waals surface area contributed by atoms with Gasteiger partial charge in [-0.2, -0.15) is 5.26 Å². The van der Waals surface area contributed by atoms with E-state index >= 15 is 0 Å². The predicted octanol–water partition coefficient (Wildman–Crippen LogP) is 2.64. The monoisotopic (exact) mass is 246 g/mol. The van der Waals surface area contributed by atoms with Crippen LogP contribution in [0.25, 0.3) is 0 Å². The van der Waals surface area contributed by atoms with Crippen molar-refractivity contribution in [1.29, 1.82) is 5.26 Å². The fourth-order valence-electron chi connectivity index (χ4n) is 1.25. The van der Waals surface area contributed by atoms with Crippen LogP contribution >= 0.6 is 15.9 Å².